The number of carbonyl (C=O) groups excluding carboxylic acids is 2. The molecule has 0 radical (unpaired) electrons. The highest BCUT2D eigenvalue weighted by Crippen LogP contribution is 2.25. The normalized spacial score (nSPS) is 20.0. The summed E-state index contributed by atoms with van der Waals surface area (Å²) in [7, 11) is 0. The van der Waals surface area contributed by atoms with Crippen LogP contribution in [0.4, 0.5) is 4.79 Å². The maximum atomic E-state index is 12.7. The quantitative estimate of drug-likeness (QED) is 0.867. The second-order valence-electron chi connectivity index (χ2n) is 5.94. The van der Waals surface area contributed by atoms with E-state index in [1.165, 1.54) is 4.90 Å². The summed E-state index contributed by atoms with van der Waals surface area (Å²) in [5.74, 6) is -0.118. The molecule has 0 bridgehead atoms. The number of rotatable bonds is 6. The molecule has 0 saturated carbocycles. The number of benzene rings is 1. The van der Waals surface area contributed by atoms with E-state index in [2.05, 4.69) is 0 Å². The first-order valence-corrected chi connectivity index (χ1v) is 8.54. The molecular weight excluding hydrogens is 308 g/mol. The van der Waals surface area contributed by atoms with Crippen LogP contribution in [-0.4, -0.2) is 52.3 Å². The van der Waals surface area contributed by atoms with Gasteiger partial charge in [-0.15, -0.1) is 0 Å². The third-order valence-electron chi connectivity index (χ3n) is 4.24. The van der Waals surface area contributed by atoms with E-state index in [9.17, 15) is 14.7 Å². The molecule has 132 valence electrons. The Labute approximate surface area is 143 Å². The minimum Gasteiger partial charge on any atom is -0.444 e. The molecule has 2 rings (SSSR count). The minimum atomic E-state index is -0.970. The van der Waals surface area contributed by atoms with E-state index in [0.717, 1.165) is 12.0 Å². The topological polar surface area (TPSA) is 70.1 Å². The van der Waals surface area contributed by atoms with Gasteiger partial charge in [0.15, 0.2) is 0 Å². The largest absolute Gasteiger partial charge is 0.444 e. The lowest BCUT2D eigenvalue weighted by molar-refractivity contribution is -0.137. The van der Waals surface area contributed by atoms with Crippen LogP contribution in [0.3, 0.4) is 0 Å². The molecule has 1 N–H and O–H groups in total. The van der Waals surface area contributed by atoms with E-state index in [1.54, 1.807) is 4.90 Å². The smallest absolute Gasteiger partial charge is 0.412 e. The summed E-state index contributed by atoms with van der Waals surface area (Å²) in [5, 5.41) is 10.1. The fourth-order valence-electron chi connectivity index (χ4n) is 2.98. The van der Waals surface area contributed by atoms with E-state index < -0.39 is 18.4 Å². The molecule has 1 fully saturated rings. The molecule has 24 heavy (non-hydrogen) atoms. The lowest BCUT2D eigenvalue weighted by Crippen LogP contribution is -2.50. The Balaban J connectivity index is 2.02. The zero-order valence-electron chi connectivity index (χ0n) is 14.4. The first-order chi connectivity index (χ1) is 11.6. The van der Waals surface area contributed by atoms with Crippen LogP contribution in [0.1, 0.15) is 38.7 Å². The molecule has 1 aliphatic heterocycles. The summed E-state index contributed by atoms with van der Waals surface area (Å²) in [4.78, 5) is 28.0. The van der Waals surface area contributed by atoms with Gasteiger partial charge in [-0.2, -0.15) is 0 Å². The summed E-state index contributed by atoms with van der Waals surface area (Å²) >= 11 is 0. The SMILES string of the molecule is CCCN(CC)C(=O)[C@@H]1CCC(O)N1C(=O)OCc1ccccc1. The Morgan fingerprint density at radius 3 is 2.58 bits per heavy atom. The summed E-state index contributed by atoms with van der Waals surface area (Å²) in [6, 6.07) is 8.69. The van der Waals surface area contributed by atoms with Gasteiger partial charge in [0.1, 0.15) is 18.9 Å². The second-order valence-corrected chi connectivity index (χ2v) is 5.94. The van der Waals surface area contributed by atoms with Crippen molar-refractivity contribution in [2.45, 2.75) is 52.0 Å². The van der Waals surface area contributed by atoms with Crippen molar-refractivity contribution in [1.82, 2.24) is 9.80 Å². The van der Waals surface area contributed by atoms with Crippen LogP contribution in [0.5, 0.6) is 0 Å². The standard InChI is InChI=1S/C18H26N2O4/c1-3-12-19(4-2)17(22)15-10-11-16(21)20(15)18(23)24-13-14-8-6-5-7-9-14/h5-9,15-16,21H,3-4,10-13H2,1-2H3/t15-,16?/m0/s1. The van der Waals surface area contributed by atoms with Crippen LogP contribution in [0, 0.1) is 0 Å². The number of ether oxygens (including phenoxy) is 1. The van der Waals surface area contributed by atoms with E-state index in [4.69, 9.17) is 4.74 Å². The van der Waals surface area contributed by atoms with Gasteiger partial charge in [0.25, 0.3) is 0 Å². The molecule has 1 heterocycles. The molecule has 6 heteroatoms. The molecule has 1 aromatic rings. The molecule has 2 amide bonds. The van der Waals surface area contributed by atoms with Crippen LogP contribution in [0.25, 0.3) is 0 Å². The average Bonchev–Trinajstić information content (AvgIpc) is 2.99. The summed E-state index contributed by atoms with van der Waals surface area (Å²) in [6.07, 6.45) is 0.0893. The molecule has 0 aliphatic carbocycles. The van der Waals surface area contributed by atoms with Gasteiger partial charge in [-0.05, 0) is 31.7 Å². The predicted molar refractivity (Wildman–Crippen MR) is 90.0 cm³/mol. The molecule has 6 nitrogen and oxygen atoms in total. The van der Waals surface area contributed by atoms with E-state index in [0.29, 0.717) is 25.9 Å². The average molecular weight is 334 g/mol. The first kappa shape index (κ1) is 18.3. The van der Waals surface area contributed by atoms with Crippen molar-refractivity contribution in [3.05, 3.63) is 35.9 Å². The number of likely N-dealkylation sites (N-methyl/N-ethyl adjacent to an activating group) is 1. The molecule has 1 unspecified atom stereocenters. The fraction of sp³-hybridized carbons (Fsp3) is 0.556. The Morgan fingerprint density at radius 1 is 1.25 bits per heavy atom. The molecular formula is C18H26N2O4. The molecule has 1 aliphatic rings. The van der Waals surface area contributed by atoms with Gasteiger partial charge in [0.2, 0.25) is 5.91 Å². The van der Waals surface area contributed by atoms with Crippen molar-refractivity contribution in [3.8, 4) is 0 Å². The number of aliphatic hydroxyl groups is 1. The van der Waals surface area contributed by atoms with Gasteiger partial charge in [0, 0.05) is 13.1 Å². The van der Waals surface area contributed by atoms with Crippen molar-refractivity contribution in [2.75, 3.05) is 13.1 Å². The van der Waals surface area contributed by atoms with Crippen molar-refractivity contribution in [2.24, 2.45) is 0 Å². The molecule has 0 spiro atoms. The van der Waals surface area contributed by atoms with Crippen molar-refractivity contribution < 1.29 is 19.4 Å². The Morgan fingerprint density at radius 2 is 1.96 bits per heavy atom. The lowest BCUT2D eigenvalue weighted by atomic mass is 10.2. The van der Waals surface area contributed by atoms with E-state index in [1.807, 2.05) is 44.2 Å². The number of amides is 2. The Bertz CT molecular complexity index is 549. The highest BCUT2D eigenvalue weighted by Gasteiger charge is 2.42. The number of likely N-dealkylation sites (tertiary alicyclic amines) is 1. The van der Waals surface area contributed by atoms with Crippen LogP contribution < -0.4 is 0 Å². The van der Waals surface area contributed by atoms with Crippen molar-refractivity contribution in [3.63, 3.8) is 0 Å². The first-order valence-electron chi connectivity index (χ1n) is 8.54. The second kappa shape index (κ2) is 8.68. The van der Waals surface area contributed by atoms with Gasteiger partial charge in [-0.25, -0.2) is 4.79 Å². The monoisotopic (exact) mass is 334 g/mol. The highest BCUT2D eigenvalue weighted by atomic mass is 16.6. The van der Waals surface area contributed by atoms with E-state index in [-0.39, 0.29) is 12.5 Å². The predicted octanol–water partition coefficient (Wildman–Crippen LogP) is 2.36. The fourth-order valence-corrected chi connectivity index (χ4v) is 2.98. The minimum absolute atomic E-state index is 0.118. The molecule has 0 aromatic heterocycles. The third kappa shape index (κ3) is 4.26. The van der Waals surface area contributed by atoms with E-state index >= 15 is 0 Å². The number of carbonyl (C=O) groups is 2. The molecule has 1 aromatic carbocycles. The van der Waals surface area contributed by atoms with Crippen LogP contribution in [-0.2, 0) is 16.1 Å². The van der Waals surface area contributed by atoms with Crippen molar-refractivity contribution in [1.29, 1.82) is 0 Å². The zero-order chi connectivity index (χ0) is 17.5. The van der Waals surface area contributed by atoms with Crippen LogP contribution >= 0.6 is 0 Å². The highest BCUT2D eigenvalue weighted by molar-refractivity contribution is 5.86. The maximum Gasteiger partial charge on any atom is 0.412 e. The molecule has 2 atom stereocenters. The number of hydrogen-bond acceptors (Lipinski definition) is 4. The number of nitrogens with zero attached hydrogens (tertiary/aromatic N) is 2. The van der Waals surface area contributed by atoms with Gasteiger partial charge >= 0.3 is 6.09 Å². The molecule has 1 saturated heterocycles. The summed E-state index contributed by atoms with van der Waals surface area (Å²) < 4.78 is 5.29. The van der Waals surface area contributed by atoms with Gasteiger partial charge in [-0.1, -0.05) is 37.3 Å². The van der Waals surface area contributed by atoms with Crippen LogP contribution in [0.2, 0.25) is 0 Å². The lowest BCUT2D eigenvalue weighted by Gasteiger charge is -2.30. The summed E-state index contributed by atoms with van der Waals surface area (Å²) in [6.45, 7) is 5.28. The van der Waals surface area contributed by atoms with Gasteiger partial charge < -0.3 is 14.7 Å². The maximum absolute atomic E-state index is 12.7. The summed E-state index contributed by atoms with van der Waals surface area (Å²) in [5.41, 5.74) is 0.864. The third-order valence-corrected chi connectivity index (χ3v) is 4.24. The zero-order valence-corrected chi connectivity index (χ0v) is 14.4. The number of hydrogen-bond donors (Lipinski definition) is 1. The van der Waals surface area contributed by atoms with Gasteiger partial charge in [0.05, 0.1) is 0 Å². The van der Waals surface area contributed by atoms with Gasteiger partial charge in [-0.3, -0.25) is 9.69 Å². The Kier molecular flexibility index (Phi) is 6.61. The number of aliphatic hydroxyl groups excluding tert-OH is 1. The Hall–Kier alpha value is -2.08. The van der Waals surface area contributed by atoms with Crippen molar-refractivity contribution >= 4 is 12.0 Å². The van der Waals surface area contributed by atoms with Crippen LogP contribution in [0.15, 0.2) is 30.3 Å².